The fourth-order valence-electron chi connectivity index (χ4n) is 1.66. The molecular formula is C13H26IN3O. The average Bonchev–Trinajstić information content (AvgIpc) is 2.38. The average molecular weight is 367 g/mol. The minimum atomic E-state index is 0. The van der Waals surface area contributed by atoms with Crippen LogP contribution in [0.4, 0.5) is 0 Å². The Labute approximate surface area is 128 Å². The summed E-state index contributed by atoms with van der Waals surface area (Å²) >= 11 is 0. The monoisotopic (exact) mass is 367 g/mol. The zero-order valence-electron chi connectivity index (χ0n) is 11.7. The molecule has 0 saturated heterocycles. The van der Waals surface area contributed by atoms with E-state index < -0.39 is 0 Å². The largest absolute Gasteiger partial charge is 0.377 e. The summed E-state index contributed by atoms with van der Waals surface area (Å²) in [7, 11) is 1.81. The van der Waals surface area contributed by atoms with Gasteiger partial charge in [0.05, 0.1) is 13.2 Å². The zero-order valence-corrected chi connectivity index (χ0v) is 14.0. The molecule has 5 heteroatoms. The van der Waals surface area contributed by atoms with Gasteiger partial charge in [0.2, 0.25) is 0 Å². The Morgan fingerprint density at radius 3 is 2.89 bits per heavy atom. The first-order valence-corrected chi connectivity index (χ1v) is 6.49. The van der Waals surface area contributed by atoms with Crippen molar-refractivity contribution in [1.29, 1.82) is 0 Å². The maximum Gasteiger partial charge on any atom is 0.191 e. The van der Waals surface area contributed by atoms with E-state index in [1.807, 2.05) is 7.05 Å². The Bertz CT molecular complexity index is 279. The molecule has 0 aromatic heterocycles. The van der Waals surface area contributed by atoms with Crippen LogP contribution in [0.2, 0.25) is 0 Å². The number of guanidine groups is 1. The maximum absolute atomic E-state index is 5.28. The van der Waals surface area contributed by atoms with Crippen LogP contribution in [-0.4, -0.2) is 38.8 Å². The van der Waals surface area contributed by atoms with Crippen molar-refractivity contribution in [2.75, 3.05) is 26.8 Å². The predicted octanol–water partition coefficient (Wildman–Crippen LogP) is 2.30. The molecule has 1 aliphatic rings. The molecule has 0 amide bonds. The summed E-state index contributed by atoms with van der Waals surface area (Å²) in [6, 6.07) is 0.462. The molecule has 0 aromatic rings. The highest BCUT2D eigenvalue weighted by Crippen LogP contribution is 2.10. The van der Waals surface area contributed by atoms with Gasteiger partial charge in [0, 0.05) is 19.6 Å². The highest BCUT2D eigenvalue weighted by atomic mass is 127. The van der Waals surface area contributed by atoms with Crippen LogP contribution in [0.25, 0.3) is 0 Å². The summed E-state index contributed by atoms with van der Waals surface area (Å²) in [4.78, 5) is 4.21. The number of nitrogens with one attached hydrogen (secondary N) is 2. The van der Waals surface area contributed by atoms with Crippen LogP contribution >= 0.6 is 24.0 Å². The summed E-state index contributed by atoms with van der Waals surface area (Å²) in [6.45, 7) is 6.90. The van der Waals surface area contributed by atoms with Gasteiger partial charge in [0.25, 0.3) is 0 Å². The maximum atomic E-state index is 5.28. The number of halogens is 1. The standard InChI is InChI=1S/C13H25N3O.HI/c1-4-11(2)16-13(14-3)15-8-5-12-6-9-17-10-7-12;/h6,11H,4-5,7-10H2,1-3H3,(H2,14,15,16);1H. The molecule has 2 N–H and O–H groups in total. The van der Waals surface area contributed by atoms with Gasteiger partial charge in [-0.1, -0.05) is 18.6 Å². The molecule has 4 nitrogen and oxygen atoms in total. The van der Waals surface area contributed by atoms with E-state index in [-0.39, 0.29) is 24.0 Å². The molecule has 0 bridgehead atoms. The molecule has 1 aliphatic heterocycles. The van der Waals surface area contributed by atoms with Crippen LogP contribution in [-0.2, 0) is 4.74 Å². The first-order chi connectivity index (χ1) is 8.26. The smallest absolute Gasteiger partial charge is 0.191 e. The van der Waals surface area contributed by atoms with Crippen LogP contribution in [0.3, 0.4) is 0 Å². The number of ether oxygens (including phenoxy) is 1. The summed E-state index contributed by atoms with van der Waals surface area (Å²) in [5.74, 6) is 0.895. The third-order valence-corrected chi connectivity index (χ3v) is 3.02. The van der Waals surface area contributed by atoms with Crippen molar-refractivity contribution in [1.82, 2.24) is 10.6 Å². The summed E-state index contributed by atoms with van der Waals surface area (Å²) in [6.07, 6.45) is 5.43. The van der Waals surface area contributed by atoms with Crippen molar-refractivity contribution in [3.63, 3.8) is 0 Å². The second kappa shape index (κ2) is 10.6. The van der Waals surface area contributed by atoms with E-state index >= 15 is 0 Å². The number of nitrogens with zero attached hydrogens (tertiary/aromatic N) is 1. The Balaban J connectivity index is 0.00000289. The lowest BCUT2D eigenvalue weighted by Gasteiger charge is -2.18. The lowest BCUT2D eigenvalue weighted by atomic mass is 10.1. The number of hydrogen-bond donors (Lipinski definition) is 2. The molecule has 0 saturated carbocycles. The first-order valence-electron chi connectivity index (χ1n) is 6.49. The molecule has 1 unspecified atom stereocenters. The lowest BCUT2D eigenvalue weighted by Crippen LogP contribution is -2.42. The van der Waals surface area contributed by atoms with Crippen molar-refractivity contribution >= 4 is 29.9 Å². The molecular weight excluding hydrogens is 341 g/mol. The van der Waals surface area contributed by atoms with Crippen LogP contribution in [0.15, 0.2) is 16.6 Å². The van der Waals surface area contributed by atoms with Gasteiger partial charge >= 0.3 is 0 Å². The fourth-order valence-corrected chi connectivity index (χ4v) is 1.66. The third-order valence-electron chi connectivity index (χ3n) is 3.02. The summed E-state index contributed by atoms with van der Waals surface area (Å²) in [5, 5.41) is 6.69. The van der Waals surface area contributed by atoms with Gasteiger partial charge in [-0.05, 0) is 26.2 Å². The summed E-state index contributed by atoms with van der Waals surface area (Å²) in [5.41, 5.74) is 1.49. The third kappa shape index (κ3) is 7.20. The Hall–Kier alpha value is -0.300. The normalized spacial score (nSPS) is 17.5. The molecule has 0 fully saturated rings. The molecule has 1 rings (SSSR count). The van der Waals surface area contributed by atoms with Crippen molar-refractivity contribution in [3.05, 3.63) is 11.6 Å². The zero-order chi connectivity index (χ0) is 12.5. The van der Waals surface area contributed by atoms with Crippen molar-refractivity contribution < 1.29 is 4.74 Å². The van der Waals surface area contributed by atoms with E-state index in [0.717, 1.165) is 45.0 Å². The quantitative estimate of drug-likeness (QED) is 0.339. The van der Waals surface area contributed by atoms with Gasteiger partial charge in [0.1, 0.15) is 0 Å². The van der Waals surface area contributed by atoms with E-state index in [2.05, 4.69) is 35.5 Å². The fraction of sp³-hybridized carbons (Fsp3) is 0.769. The van der Waals surface area contributed by atoms with E-state index in [1.54, 1.807) is 0 Å². The highest BCUT2D eigenvalue weighted by Gasteiger charge is 2.05. The topological polar surface area (TPSA) is 45.7 Å². The minimum absolute atomic E-state index is 0. The Kier molecular flexibility index (Phi) is 10.4. The van der Waals surface area contributed by atoms with E-state index in [1.165, 1.54) is 5.57 Å². The molecule has 0 aliphatic carbocycles. The number of hydrogen-bond acceptors (Lipinski definition) is 2. The highest BCUT2D eigenvalue weighted by molar-refractivity contribution is 14.0. The van der Waals surface area contributed by atoms with Gasteiger partial charge < -0.3 is 15.4 Å². The Morgan fingerprint density at radius 2 is 2.33 bits per heavy atom. The van der Waals surface area contributed by atoms with E-state index in [9.17, 15) is 0 Å². The van der Waals surface area contributed by atoms with Crippen LogP contribution in [0, 0.1) is 0 Å². The molecule has 1 atom stereocenters. The van der Waals surface area contributed by atoms with Crippen LogP contribution < -0.4 is 10.6 Å². The predicted molar refractivity (Wildman–Crippen MR) is 87.8 cm³/mol. The lowest BCUT2D eigenvalue weighted by molar-refractivity contribution is 0.153. The van der Waals surface area contributed by atoms with Gasteiger partial charge in [-0.15, -0.1) is 24.0 Å². The molecule has 0 radical (unpaired) electrons. The Morgan fingerprint density at radius 1 is 1.56 bits per heavy atom. The minimum Gasteiger partial charge on any atom is -0.377 e. The van der Waals surface area contributed by atoms with Gasteiger partial charge in [0.15, 0.2) is 5.96 Å². The van der Waals surface area contributed by atoms with Crippen molar-refractivity contribution in [3.8, 4) is 0 Å². The number of rotatable bonds is 5. The molecule has 106 valence electrons. The van der Waals surface area contributed by atoms with E-state index in [4.69, 9.17) is 4.74 Å². The molecule has 18 heavy (non-hydrogen) atoms. The molecule has 0 spiro atoms. The van der Waals surface area contributed by atoms with Crippen LogP contribution in [0.1, 0.15) is 33.1 Å². The second-order valence-electron chi connectivity index (χ2n) is 4.39. The second-order valence-corrected chi connectivity index (χ2v) is 4.39. The molecule has 1 heterocycles. The summed E-state index contributed by atoms with van der Waals surface area (Å²) < 4.78 is 5.28. The van der Waals surface area contributed by atoms with E-state index in [0.29, 0.717) is 6.04 Å². The van der Waals surface area contributed by atoms with Gasteiger partial charge in [-0.2, -0.15) is 0 Å². The van der Waals surface area contributed by atoms with Gasteiger partial charge in [-0.25, -0.2) is 0 Å². The van der Waals surface area contributed by atoms with Crippen LogP contribution in [0.5, 0.6) is 0 Å². The molecule has 0 aromatic carbocycles. The SMILES string of the molecule is CCC(C)NC(=NC)NCCC1=CCOCC1.I. The van der Waals surface area contributed by atoms with Gasteiger partial charge in [-0.3, -0.25) is 4.99 Å². The van der Waals surface area contributed by atoms with Crippen molar-refractivity contribution in [2.45, 2.75) is 39.2 Å². The van der Waals surface area contributed by atoms with Crippen molar-refractivity contribution in [2.24, 2.45) is 4.99 Å². The first kappa shape index (κ1) is 17.7. The number of aliphatic imine (C=N–C) groups is 1.